The topological polar surface area (TPSA) is 64.3 Å². The second kappa shape index (κ2) is 5.04. The van der Waals surface area contributed by atoms with E-state index in [0.717, 1.165) is 32.1 Å². The van der Waals surface area contributed by atoms with Crippen molar-refractivity contribution < 1.29 is 9.53 Å². The zero-order chi connectivity index (χ0) is 12.2. The van der Waals surface area contributed by atoms with Crippen molar-refractivity contribution in [3.05, 3.63) is 0 Å². The molecule has 1 saturated carbocycles. The van der Waals surface area contributed by atoms with Crippen LogP contribution in [0.25, 0.3) is 0 Å². The predicted molar refractivity (Wildman–Crippen MR) is 64.2 cm³/mol. The van der Waals surface area contributed by atoms with Crippen molar-refractivity contribution in [3.8, 4) is 0 Å². The van der Waals surface area contributed by atoms with E-state index < -0.39 is 5.60 Å². The highest BCUT2D eigenvalue weighted by molar-refractivity contribution is 5.68. The van der Waals surface area contributed by atoms with Gasteiger partial charge in [-0.15, -0.1) is 0 Å². The van der Waals surface area contributed by atoms with Crippen molar-refractivity contribution >= 4 is 6.09 Å². The number of hydrogen-bond donors (Lipinski definition) is 2. The van der Waals surface area contributed by atoms with Crippen LogP contribution in [-0.4, -0.2) is 23.8 Å². The van der Waals surface area contributed by atoms with Crippen molar-refractivity contribution in [2.75, 3.05) is 6.54 Å². The smallest absolute Gasteiger partial charge is 0.408 e. The first-order valence-corrected chi connectivity index (χ1v) is 6.08. The molecule has 1 rings (SSSR count). The second-order valence-electron chi connectivity index (χ2n) is 5.65. The molecule has 0 aliphatic heterocycles. The highest BCUT2D eigenvalue weighted by Gasteiger charge is 2.35. The average Bonchev–Trinajstić information content (AvgIpc) is 2.49. The molecule has 1 amide bonds. The highest BCUT2D eigenvalue weighted by atomic mass is 16.6. The summed E-state index contributed by atoms with van der Waals surface area (Å²) in [5.41, 5.74) is 5.05. The third kappa shape index (κ3) is 4.00. The van der Waals surface area contributed by atoms with Gasteiger partial charge in [0.25, 0.3) is 0 Å². The molecule has 1 fully saturated rings. The molecule has 0 saturated heterocycles. The lowest BCUT2D eigenvalue weighted by Crippen LogP contribution is -2.49. The minimum atomic E-state index is -0.438. The Labute approximate surface area is 97.9 Å². The fraction of sp³-hybridized carbons (Fsp3) is 0.917. The lowest BCUT2D eigenvalue weighted by molar-refractivity contribution is 0.0452. The van der Waals surface area contributed by atoms with E-state index in [1.54, 1.807) is 0 Å². The molecule has 16 heavy (non-hydrogen) atoms. The molecule has 0 radical (unpaired) electrons. The Morgan fingerprint density at radius 3 is 2.38 bits per heavy atom. The van der Waals surface area contributed by atoms with Crippen LogP contribution in [0, 0.1) is 0 Å². The standard InChI is InChI=1S/C12H24N2O2/c1-11(2,3)16-10(15)14-12(8-9-13)6-4-5-7-12/h4-9,13H2,1-3H3,(H,14,15). The molecular weight excluding hydrogens is 204 g/mol. The van der Waals surface area contributed by atoms with Gasteiger partial charge >= 0.3 is 6.09 Å². The first kappa shape index (κ1) is 13.3. The van der Waals surface area contributed by atoms with Crippen molar-refractivity contribution in [3.63, 3.8) is 0 Å². The Bertz CT molecular complexity index is 240. The van der Waals surface area contributed by atoms with Gasteiger partial charge in [0.1, 0.15) is 5.60 Å². The molecule has 0 bridgehead atoms. The summed E-state index contributed by atoms with van der Waals surface area (Å²) in [7, 11) is 0. The lowest BCUT2D eigenvalue weighted by atomic mass is 9.93. The van der Waals surface area contributed by atoms with Crippen LogP contribution in [0.4, 0.5) is 4.79 Å². The molecule has 0 spiro atoms. The average molecular weight is 228 g/mol. The summed E-state index contributed by atoms with van der Waals surface area (Å²) in [6, 6.07) is 0. The van der Waals surface area contributed by atoms with E-state index in [-0.39, 0.29) is 11.6 Å². The molecule has 4 heteroatoms. The van der Waals surface area contributed by atoms with Gasteiger partial charge in [0.2, 0.25) is 0 Å². The maximum absolute atomic E-state index is 11.7. The Balaban J connectivity index is 2.52. The molecule has 0 atom stereocenters. The number of ether oxygens (including phenoxy) is 1. The fourth-order valence-corrected chi connectivity index (χ4v) is 2.29. The maximum Gasteiger partial charge on any atom is 0.408 e. The molecule has 0 unspecified atom stereocenters. The van der Waals surface area contributed by atoms with Crippen LogP contribution in [0.5, 0.6) is 0 Å². The molecular formula is C12H24N2O2. The monoisotopic (exact) mass is 228 g/mol. The Morgan fingerprint density at radius 2 is 1.94 bits per heavy atom. The first-order chi connectivity index (χ1) is 7.37. The predicted octanol–water partition coefficient (Wildman–Crippen LogP) is 2.17. The number of hydrogen-bond acceptors (Lipinski definition) is 3. The maximum atomic E-state index is 11.7. The van der Waals surface area contributed by atoms with Gasteiger partial charge in [-0.05, 0) is 46.6 Å². The first-order valence-electron chi connectivity index (χ1n) is 6.08. The van der Waals surface area contributed by atoms with E-state index >= 15 is 0 Å². The number of alkyl carbamates (subject to hydrolysis) is 1. The van der Waals surface area contributed by atoms with Crippen LogP contribution < -0.4 is 11.1 Å². The Kier molecular flexibility index (Phi) is 4.19. The van der Waals surface area contributed by atoms with Crippen molar-refractivity contribution in [1.82, 2.24) is 5.32 Å². The van der Waals surface area contributed by atoms with E-state index in [2.05, 4.69) is 5.32 Å². The van der Waals surface area contributed by atoms with Crippen LogP contribution in [0.2, 0.25) is 0 Å². The van der Waals surface area contributed by atoms with Crippen molar-refractivity contribution in [2.24, 2.45) is 5.73 Å². The van der Waals surface area contributed by atoms with Gasteiger partial charge in [-0.1, -0.05) is 12.8 Å². The van der Waals surface area contributed by atoms with Gasteiger partial charge in [0.15, 0.2) is 0 Å². The molecule has 4 nitrogen and oxygen atoms in total. The summed E-state index contributed by atoms with van der Waals surface area (Å²) >= 11 is 0. The highest BCUT2D eigenvalue weighted by Crippen LogP contribution is 2.32. The minimum absolute atomic E-state index is 0.114. The Morgan fingerprint density at radius 1 is 1.38 bits per heavy atom. The van der Waals surface area contributed by atoms with Crippen LogP contribution in [0.15, 0.2) is 0 Å². The Hall–Kier alpha value is -0.770. The molecule has 1 aliphatic rings. The summed E-state index contributed by atoms with van der Waals surface area (Å²) in [4.78, 5) is 11.7. The molecule has 0 heterocycles. The molecule has 3 N–H and O–H groups in total. The summed E-state index contributed by atoms with van der Waals surface area (Å²) in [5, 5.41) is 3.01. The van der Waals surface area contributed by atoms with Crippen LogP contribution in [0.3, 0.4) is 0 Å². The van der Waals surface area contributed by atoms with Gasteiger partial charge in [-0.3, -0.25) is 0 Å². The summed E-state index contributed by atoms with van der Waals surface area (Å²) < 4.78 is 5.28. The van der Waals surface area contributed by atoms with Gasteiger partial charge in [0.05, 0.1) is 0 Å². The number of carbonyl (C=O) groups is 1. The summed E-state index contributed by atoms with van der Waals surface area (Å²) in [6.45, 7) is 6.22. The number of rotatable bonds is 3. The molecule has 0 aromatic heterocycles. The van der Waals surface area contributed by atoms with Crippen molar-refractivity contribution in [1.29, 1.82) is 0 Å². The van der Waals surface area contributed by atoms with Gasteiger partial charge < -0.3 is 15.8 Å². The number of nitrogens with two attached hydrogens (primary N) is 1. The van der Waals surface area contributed by atoms with E-state index in [4.69, 9.17) is 10.5 Å². The van der Waals surface area contributed by atoms with E-state index in [1.807, 2.05) is 20.8 Å². The second-order valence-corrected chi connectivity index (χ2v) is 5.65. The van der Waals surface area contributed by atoms with E-state index in [0.29, 0.717) is 6.54 Å². The largest absolute Gasteiger partial charge is 0.444 e. The molecule has 0 aromatic carbocycles. The molecule has 94 valence electrons. The minimum Gasteiger partial charge on any atom is -0.444 e. The SMILES string of the molecule is CC(C)(C)OC(=O)NC1(CCN)CCCC1. The van der Waals surface area contributed by atoms with Crippen LogP contribution in [0.1, 0.15) is 52.9 Å². The number of carbonyl (C=O) groups excluding carboxylic acids is 1. The summed E-state index contributed by atoms with van der Waals surface area (Å²) in [5.74, 6) is 0. The van der Waals surface area contributed by atoms with Crippen LogP contribution in [-0.2, 0) is 4.74 Å². The third-order valence-corrected chi connectivity index (χ3v) is 2.95. The fourth-order valence-electron chi connectivity index (χ4n) is 2.29. The molecule has 1 aliphatic carbocycles. The number of amides is 1. The quantitative estimate of drug-likeness (QED) is 0.778. The third-order valence-electron chi connectivity index (χ3n) is 2.95. The van der Waals surface area contributed by atoms with E-state index in [1.165, 1.54) is 0 Å². The van der Waals surface area contributed by atoms with E-state index in [9.17, 15) is 4.79 Å². The molecule has 0 aromatic rings. The van der Waals surface area contributed by atoms with Gasteiger partial charge in [0, 0.05) is 5.54 Å². The number of nitrogens with one attached hydrogen (secondary N) is 1. The van der Waals surface area contributed by atoms with Crippen LogP contribution >= 0.6 is 0 Å². The zero-order valence-electron chi connectivity index (χ0n) is 10.6. The lowest BCUT2D eigenvalue weighted by Gasteiger charge is -2.31. The summed E-state index contributed by atoms with van der Waals surface area (Å²) in [6.07, 6.45) is 4.88. The van der Waals surface area contributed by atoms with Gasteiger partial charge in [-0.25, -0.2) is 4.79 Å². The normalized spacial score (nSPS) is 19.5. The zero-order valence-corrected chi connectivity index (χ0v) is 10.6. The van der Waals surface area contributed by atoms with Crippen molar-refractivity contribution in [2.45, 2.75) is 64.0 Å². The van der Waals surface area contributed by atoms with Gasteiger partial charge in [-0.2, -0.15) is 0 Å².